The molecule has 0 fully saturated rings. The van der Waals surface area contributed by atoms with Crippen molar-refractivity contribution in [3.8, 4) is 5.82 Å². The molecule has 0 aliphatic carbocycles. The number of nitrogen functional groups attached to an aromatic ring is 1. The van der Waals surface area contributed by atoms with E-state index in [1.807, 2.05) is 6.07 Å². The fourth-order valence-corrected chi connectivity index (χ4v) is 1.10. The van der Waals surface area contributed by atoms with Crippen LogP contribution in [0.15, 0.2) is 24.5 Å². The van der Waals surface area contributed by atoms with Crippen LogP contribution >= 0.6 is 0 Å². The Bertz CT molecular complexity index is 421. The predicted octanol–water partition coefficient (Wildman–Crippen LogP) is 0.286. The van der Waals surface area contributed by atoms with Crippen molar-refractivity contribution >= 4 is 11.8 Å². The lowest BCUT2D eigenvalue weighted by atomic mass is 10.5. The van der Waals surface area contributed by atoms with Gasteiger partial charge in [-0.2, -0.15) is 15.1 Å². The van der Waals surface area contributed by atoms with E-state index in [0.717, 1.165) is 0 Å². The van der Waals surface area contributed by atoms with Crippen LogP contribution < -0.4 is 11.1 Å². The Balaban J connectivity index is 2.48. The van der Waals surface area contributed by atoms with Crippen molar-refractivity contribution in [2.24, 2.45) is 0 Å². The summed E-state index contributed by atoms with van der Waals surface area (Å²) < 4.78 is 1.62. The summed E-state index contributed by atoms with van der Waals surface area (Å²) in [7, 11) is 1.77. The van der Waals surface area contributed by atoms with Gasteiger partial charge in [0.25, 0.3) is 0 Å². The lowest BCUT2D eigenvalue weighted by Gasteiger charge is -2.04. The molecule has 14 heavy (non-hydrogen) atoms. The van der Waals surface area contributed by atoms with Gasteiger partial charge in [-0.25, -0.2) is 4.68 Å². The maximum Gasteiger partial charge on any atom is 0.224 e. The topological polar surface area (TPSA) is 81.7 Å². The summed E-state index contributed by atoms with van der Waals surface area (Å²) in [4.78, 5) is 8.03. The molecule has 0 amide bonds. The number of nitrogens with one attached hydrogen (secondary N) is 1. The van der Waals surface area contributed by atoms with E-state index in [1.54, 1.807) is 30.2 Å². The standard InChI is InChI=1S/C8H10N6/c1-10-6-5-7(13-8(9)12-6)14-4-2-3-11-14/h2-5H,1H3,(H3,9,10,12,13). The van der Waals surface area contributed by atoms with Gasteiger partial charge in [0, 0.05) is 25.5 Å². The second-order valence-electron chi connectivity index (χ2n) is 2.67. The zero-order valence-electron chi connectivity index (χ0n) is 7.68. The molecule has 0 saturated heterocycles. The molecular formula is C8H10N6. The Hall–Kier alpha value is -2.11. The number of nitrogens with zero attached hydrogens (tertiary/aromatic N) is 4. The smallest absolute Gasteiger partial charge is 0.224 e. The molecule has 2 rings (SSSR count). The van der Waals surface area contributed by atoms with E-state index in [2.05, 4.69) is 20.4 Å². The van der Waals surface area contributed by atoms with E-state index in [9.17, 15) is 0 Å². The molecule has 2 heterocycles. The number of rotatable bonds is 2. The van der Waals surface area contributed by atoms with Gasteiger partial charge in [0.1, 0.15) is 5.82 Å². The Morgan fingerprint density at radius 2 is 2.29 bits per heavy atom. The molecule has 0 saturated carbocycles. The lowest BCUT2D eigenvalue weighted by molar-refractivity contribution is 0.843. The van der Waals surface area contributed by atoms with Crippen molar-refractivity contribution in [2.75, 3.05) is 18.1 Å². The molecule has 0 aliphatic rings. The Morgan fingerprint density at radius 3 is 2.93 bits per heavy atom. The van der Waals surface area contributed by atoms with Crippen LogP contribution in [-0.4, -0.2) is 26.8 Å². The number of nitrogens with two attached hydrogens (primary N) is 1. The third kappa shape index (κ3) is 1.49. The first-order chi connectivity index (χ1) is 6.79. The maximum atomic E-state index is 5.54. The normalized spacial score (nSPS) is 10.1. The van der Waals surface area contributed by atoms with Gasteiger partial charge in [0.2, 0.25) is 5.95 Å². The maximum absolute atomic E-state index is 5.54. The number of hydrogen-bond donors (Lipinski definition) is 2. The van der Waals surface area contributed by atoms with Crippen molar-refractivity contribution < 1.29 is 0 Å². The van der Waals surface area contributed by atoms with Crippen molar-refractivity contribution in [2.45, 2.75) is 0 Å². The van der Waals surface area contributed by atoms with Gasteiger partial charge in [-0.3, -0.25) is 0 Å². The number of hydrogen-bond acceptors (Lipinski definition) is 5. The van der Waals surface area contributed by atoms with Gasteiger partial charge in [-0.05, 0) is 6.07 Å². The van der Waals surface area contributed by atoms with E-state index in [4.69, 9.17) is 5.73 Å². The van der Waals surface area contributed by atoms with Gasteiger partial charge < -0.3 is 11.1 Å². The quantitative estimate of drug-likeness (QED) is 0.711. The van der Waals surface area contributed by atoms with Crippen molar-refractivity contribution in [1.29, 1.82) is 0 Å². The Morgan fingerprint density at radius 1 is 1.43 bits per heavy atom. The van der Waals surface area contributed by atoms with E-state index in [-0.39, 0.29) is 5.95 Å². The van der Waals surface area contributed by atoms with Crippen LogP contribution in [0.4, 0.5) is 11.8 Å². The summed E-state index contributed by atoms with van der Waals surface area (Å²) in [6.45, 7) is 0. The number of aromatic nitrogens is 4. The zero-order chi connectivity index (χ0) is 9.97. The van der Waals surface area contributed by atoms with Crippen LogP contribution in [0.3, 0.4) is 0 Å². The first kappa shape index (κ1) is 8.49. The van der Waals surface area contributed by atoms with Gasteiger partial charge in [0.05, 0.1) is 0 Å². The zero-order valence-corrected chi connectivity index (χ0v) is 7.68. The van der Waals surface area contributed by atoms with Crippen molar-refractivity contribution in [3.63, 3.8) is 0 Å². The molecule has 0 unspecified atom stereocenters. The first-order valence-electron chi connectivity index (χ1n) is 4.12. The van der Waals surface area contributed by atoms with E-state index >= 15 is 0 Å². The van der Waals surface area contributed by atoms with Gasteiger partial charge in [-0.1, -0.05) is 0 Å². The molecule has 72 valence electrons. The molecule has 0 spiro atoms. The minimum Gasteiger partial charge on any atom is -0.373 e. The molecule has 0 bridgehead atoms. The van der Waals surface area contributed by atoms with E-state index in [0.29, 0.717) is 11.6 Å². The van der Waals surface area contributed by atoms with Crippen molar-refractivity contribution in [3.05, 3.63) is 24.5 Å². The van der Waals surface area contributed by atoms with E-state index in [1.165, 1.54) is 0 Å². The van der Waals surface area contributed by atoms with Crippen LogP contribution in [0.2, 0.25) is 0 Å². The molecule has 0 atom stereocenters. The highest BCUT2D eigenvalue weighted by Gasteiger charge is 2.02. The van der Waals surface area contributed by atoms with Crippen LogP contribution in [-0.2, 0) is 0 Å². The van der Waals surface area contributed by atoms with Gasteiger partial charge in [0.15, 0.2) is 5.82 Å². The molecule has 2 aromatic heterocycles. The van der Waals surface area contributed by atoms with Crippen LogP contribution in [0.25, 0.3) is 5.82 Å². The summed E-state index contributed by atoms with van der Waals surface area (Å²) in [6.07, 6.45) is 3.47. The summed E-state index contributed by atoms with van der Waals surface area (Å²) >= 11 is 0. The van der Waals surface area contributed by atoms with Crippen LogP contribution in [0, 0.1) is 0 Å². The minimum absolute atomic E-state index is 0.224. The molecule has 6 nitrogen and oxygen atoms in total. The molecule has 2 aromatic rings. The summed E-state index contributed by atoms with van der Waals surface area (Å²) in [6, 6.07) is 3.58. The van der Waals surface area contributed by atoms with Gasteiger partial charge >= 0.3 is 0 Å². The second-order valence-corrected chi connectivity index (χ2v) is 2.67. The van der Waals surface area contributed by atoms with Crippen molar-refractivity contribution in [1.82, 2.24) is 19.7 Å². The molecule has 0 radical (unpaired) electrons. The first-order valence-corrected chi connectivity index (χ1v) is 4.12. The largest absolute Gasteiger partial charge is 0.373 e. The SMILES string of the molecule is CNc1cc(-n2cccn2)nc(N)n1. The molecule has 0 aliphatic heterocycles. The van der Waals surface area contributed by atoms with E-state index < -0.39 is 0 Å². The second kappa shape index (κ2) is 3.33. The Kier molecular flexibility index (Phi) is 2.02. The summed E-state index contributed by atoms with van der Waals surface area (Å²) in [5, 5.41) is 6.94. The fourth-order valence-electron chi connectivity index (χ4n) is 1.10. The average molecular weight is 190 g/mol. The van der Waals surface area contributed by atoms with Crippen LogP contribution in [0.1, 0.15) is 0 Å². The summed E-state index contributed by atoms with van der Waals surface area (Å²) in [5.74, 6) is 1.54. The highest BCUT2D eigenvalue weighted by molar-refractivity contribution is 5.44. The Labute approximate surface area is 80.8 Å². The van der Waals surface area contributed by atoms with Gasteiger partial charge in [-0.15, -0.1) is 0 Å². The fraction of sp³-hybridized carbons (Fsp3) is 0.125. The average Bonchev–Trinajstić information content (AvgIpc) is 2.69. The molecular weight excluding hydrogens is 180 g/mol. The lowest BCUT2D eigenvalue weighted by Crippen LogP contribution is -2.05. The molecule has 0 aromatic carbocycles. The third-order valence-electron chi connectivity index (χ3n) is 1.73. The summed E-state index contributed by atoms with van der Waals surface area (Å²) in [5.41, 5.74) is 5.54. The predicted molar refractivity (Wildman–Crippen MR) is 53.1 cm³/mol. The minimum atomic E-state index is 0.224. The van der Waals surface area contributed by atoms with Crippen LogP contribution in [0.5, 0.6) is 0 Å². The molecule has 6 heteroatoms. The number of anilines is 2. The third-order valence-corrected chi connectivity index (χ3v) is 1.73. The highest BCUT2D eigenvalue weighted by Crippen LogP contribution is 2.10. The monoisotopic (exact) mass is 190 g/mol. The molecule has 3 N–H and O–H groups in total. The highest BCUT2D eigenvalue weighted by atomic mass is 15.3.